The summed E-state index contributed by atoms with van der Waals surface area (Å²) in [6, 6.07) is 46.9. The zero-order valence-corrected chi connectivity index (χ0v) is 24.4. The van der Waals surface area contributed by atoms with E-state index in [9.17, 15) is 0 Å². The Balaban J connectivity index is 1.55. The number of hydrogen-bond donors (Lipinski definition) is 0. The molecule has 0 unspecified atom stereocenters. The Morgan fingerprint density at radius 3 is 1.45 bits per heavy atom. The third kappa shape index (κ3) is 6.81. The molecule has 2 heteroatoms. The van der Waals surface area contributed by atoms with Crippen LogP contribution in [0.1, 0.15) is 12.0 Å². The van der Waals surface area contributed by atoms with E-state index in [-0.39, 0.29) is 0 Å². The van der Waals surface area contributed by atoms with Gasteiger partial charge in [-0.25, -0.2) is 0 Å². The highest BCUT2D eigenvalue weighted by Crippen LogP contribution is 2.38. The molecule has 1 nitrogen and oxygen atoms in total. The number of hydrogen-bond acceptors (Lipinski definition) is 1. The molecular formula is C38H33NSi. The highest BCUT2D eigenvalue weighted by atomic mass is 28.3. The normalized spacial score (nSPS) is 10.6. The lowest BCUT2D eigenvalue weighted by atomic mass is 10.0. The van der Waals surface area contributed by atoms with E-state index >= 15 is 0 Å². The van der Waals surface area contributed by atoms with E-state index in [1.807, 2.05) is 12.1 Å². The van der Waals surface area contributed by atoms with Crippen LogP contribution in [-0.4, -0.2) is 8.07 Å². The molecule has 0 aromatic heterocycles. The molecule has 0 saturated carbocycles. The van der Waals surface area contributed by atoms with Crippen molar-refractivity contribution in [2.24, 2.45) is 0 Å². The Morgan fingerprint density at radius 1 is 0.500 bits per heavy atom. The third-order valence-electron chi connectivity index (χ3n) is 6.47. The quantitative estimate of drug-likeness (QED) is 0.161. The number of benzene rings is 5. The van der Waals surface area contributed by atoms with Crippen molar-refractivity contribution < 1.29 is 0 Å². The highest BCUT2D eigenvalue weighted by Gasteiger charge is 2.16. The second-order valence-electron chi connectivity index (χ2n) is 10.7. The number of rotatable bonds is 5. The predicted octanol–water partition coefficient (Wildman–Crippen LogP) is 10.1. The summed E-state index contributed by atoms with van der Waals surface area (Å²) in [4.78, 5) is 2.29. The van der Waals surface area contributed by atoms with Crippen LogP contribution >= 0.6 is 0 Å². The molecule has 0 aliphatic heterocycles. The Bertz CT molecular complexity index is 1590. The highest BCUT2D eigenvalue weighted by molar-refractivity contribution is 6.83. The first kappa shape index (κ1) is 26.8. The lowest BCUT2D eigenvalue weighted by molar-refractivity contribution is 1.27. The van der Waals surface area contributed by atoms with E-state index in [0.29, 0.717) is 6.42 Å². The summed E-state index contributed by atoms with van der Waals surface area (Å²) in [5.74, 6) is 10.00. The predicted molar refractivity (Wildman–Crippen MR) is 175 cm³/mol. The molecule has 0 heterocycles. The van der Waals surface area contributed by atoms with Crippen molar-refractivity contribution in [3.63, 3.8) is 0 Å². The minimum atomic E-state index is -1.40. The van der Waals surface area contributed by atoms with Gasteiger partial charge in [0.1, 0.15) is 8.07 Å². The Hall–Kier alpha value is -4.76. The van der Waals surface area contributed by atoms with Crippen molar-refractivity contribution in [1.82, 2.24) is 0 Å². The average molecular weight is 532 g/mol. The Labute approximate surface area is 240 Å². The standard InChI is InChI=1S/C38H33NSi/c1-40(2,3)30-14-6-11-19-35-20-12-13-21-38(35)39(36-26-22-33(23-27-36)31-15-7-4-8-16-31)37-28-24-34(25-29-37)32-17-9-5-10-18-32/h4-5,7-10,12-13,15-18,20-29H,6H2,1-3H3. The summed E-state index contributed by atoms with van der Waals surface area (Å²) < 4.78 is 0. The second kappa shape index (κ2) is 12.4. The maximum Gasteiger partial charge on any atom is 0.129 e. The molecule has 5 rings (SSSR count). The van der Waals surface area contributed by atoms with Crippen LogP contribution in [0, 0.1) is 23.3 Å². The summed E-state index contributed by atoms with van der Waals surface area (Å²) in [5.41, 5.74) is 12.4. The zero-order chi connectivity index (χ0) is 27.8. The second-order valence-corrected chi connectivity index (χ2v) is 15.5. The summed E-state index contributed by atoms with van der Waals surface area (Å²) in [6.45, 7) is 6.77. The first-order valence-electron chi connectivity index (χ1n) is 13.7. The Kier molecular flexibility index (Phi) is 8.31. The van der Waals surface area contributed by atoms with E-state index in [1.165, 1.54) is 22.3 Å². The molecule has 5 aromatic carbocycles. The third-order valence-corrected chi connectivity index (χ3v) is 7.40. The monoisotopic (exact) mass is 531 g/mol. The van der Waals surface area contributed by atoms with Crippen LogP contribution in [0.2, 0.25) is 19.6 Å². The van der Waals surface area contributed by atoms with Crippen molar-refractivity contribution in [2.75, 3.05) is 4.90 Å². The van der Waals surface area contributed by atoms with E-state index in [2.05, 4.69) is 169 Å². The van der Waals surface area contributed by atoms with Crippen LogP contribution in [0.25, 0.3) is 22.3 Å². The van der Waals surface area contributed by atoms with Crippen LogP contribution in [-0.2, 0) is 0 Å². The zero-order valence-electron chi connectivity index (χ0n) is 23.4. The molecular weight excluding hydrogens is 499 g/mol. The van der Waals surface area contributed by atoms with Gasteiger partial charge in [0.2, 0.25) is 0 Å². The molecule has 0 saturated heterocycles. The van der Waals surface area contributed by atoms with Crippen molar-refractivity contribution >= 4 is 25.1 Å². The van der Waals surface area contributed by atoms with Crippen molar-refractivity contribution in [2.45, 2.75) is 26.1 Å². The first-order chi connectivity index (χ1) is 19.5. The molecule has 0 fully saturated rings. The first-order valence-corrected chi connectivity index (χ1v) is 17.2. The molecule has 0 atom stereocenters. The number of para-hydroxylation sites is 1. The summed E-state index contributed by atoms with van der Waals surface area (Å²) in [7, 11) is -1.40. The molecule has 0 aliphatic carbocycles. The van der Waals surface area contributed by atoms with Crippen molar-refractivity contribution in [3.8, 4) is 45.6 Å². The lowest BCUT2D eigenvalue weighted by Gasteiger charge is -2.27. The van der Waals surface area contributed by atoms with E-state index < -0.39 is 8.07 Å². The van der Waals surface area contributed by atoms with Gasteiger partial charge in [-0.3, -0.25) is 0 Å². The van der Waals surface area contributed by atoms with Crippen molar-refractivity contribution in [3.05, 3.63) is 139 Å². The fourth-order valence-electron chi connectivity index (χ4n) is 4.56. The van der Waals surface area contributed by atoms with Gasteiger partial charge in [-0.15, -0.1) is 5.54 Å². The van der Waals surface area contributed by atoms with E-state index in [1.54, 1.807) is 0 Å². The molecule has 0 amide bonds. The molecule has 0 radical (unpaired) electrons. The molecule has 40 heavy (non-hydrogen) atoms. The Morgan fingerprint density at radius 2 is 0.950 bits per heavy atom. The van der Waals surface area contributed by atoms with E-state index in [4.69, 9.17) is 0 Å². The minimum Gasteiger partial charge on any atom is -0.309 e. The van der Waals surface area contributed by atoms with Gasteiger partial charge in [-0.1, -0.05) is 134 Å². The summed E-state index contributed by atoms with van der Waals surface area (Å²) in [5, 5.41) is 0. The van der Waals surface area contributed by atoms with Crippen LogP contribution in [0.4, 0.5) is 17.1 Å². The van der Waals surface area contributed by atoms with Gasteiger partial charge in [0.25, 0.3) is 0 Å². The molecule has 0 bridgehead atoms. The van der Waals surface area contributed by atoms with Crippen molar-refractivity contribution in [1.29, 1.82) is 0 Å². The minimum absolute atomic E-state index is 0.580. The van der Waals surface area contributed by atoms with Gasteiger partial charge in [0.05, 0.1) is 12.1 Å². The van der Waals surface area contributed by atoms with Crippen LogP contribution in [0.5, 0.6) is 0 Å². The van der Waals surface area contributed by atoms with Gasteiger partial charge in [-0.05, 0) is 58.7 Å². The number of nitrogens with zero attached hydrogens (tertiary/aromatic N) is 1. The van der Waals surface area contributed by atoms with Gasteiger partial charge < -0.3 is 4.90 Å². The fraction of sp³-hybridized carbons (Fsp3) is 0.105. The molecule has 0 spiro atoms. The van der Waals surface area contributed by atoms with Gasteiger partial charge in [0, 0.05) is 16.9 Å². The topological polar surface area (TPSA) is 3.24 Å². The molecule has 0 N–H and O–H groups in total. The molecule has 194 valence electrons. The van der Waals surface area contributed by atoms with Crippen LogP contribution in [0.3, 0.4) is 0 Å². The van der Waals surface area contributed by atoms with E-state index in [0.717, 1.165) is 22.6 Å². The van der Waals surface area contributed by atoms with Crippen LogP contribution < -0.4 is 4.90 Å². The van der Waals surface area contributed by atoms with Crippen LogP contribution in [0.15, 0.2) is 133 Å². The van der Waals surface area contributed by atoms with Gasteiger partial charge in [-0.2, -0.15) is 0 Å². The lowest BCUT2D eigenvalue weighted by Crippen LogP contribution is -2.16. The van der Waals surface area contributed by atoms with Gasteiger partial charge in [0.15, 0.2) is 0 Å². The maximum atomic E-state index is 3.42. The maximum absolute atomic E-state index is 3.42. The molecule has 0 aliphatic rings. The summed E-state index contributed by atoms with van der Waals surface area (Å²) in [6.07, 6.45) is 0.580. The largest absolute Gasteiger partial charge is 0.309 e. The number of anilines is 3. The SMILES string of the molecule is C[Si](C)(C)C#CCC#Cc1ccccc1N(c1ccc(-c2ccccc2)cc1)c1ccc(-c2ccccc2)cc1. The van der Waals surface area contributed by atoms with Gasteiger partial charge >= 0.3 is 0 Å². The summed E-state index contributed by atoms with van der Waals surface area (Å²) >= 11 is 0. The fourth-order valence-corrected chi connectivity index (χ4v) is 5.18. The average Bonchev–Trinajstić information content (AvgIpc) is 2.99. The molecule has 5 aromatic rings. The smallest absolute Gasteiger partial charge is 0.129 e.